The van der Waals surface area contributed by atoms with Crippen molar-refractivity contribution < 1.29 is 51.3 Å². The number of carbonyl (C=O) groups excluding carboxylic acids is 4. The average Bonchev–Trinajstić information content (AvgIpc) is 4.13. The van der Waals surface area contributed by atoms with Gasteiger partial charge in [-0.2, -0.15) is 0 Å². The summed E-state index contributed by atoms with van der Waals surface area (Å²) in [5.41, 5.74) is -0.883. The molecular weight excluding hydrogens is 863 g/mol. The number of benzene rings is 2. The van der Waals surface area contributed by atoms with E-state index in [-0.39, 0.29) is 67.2 Å². The average molecular weight is 930 g/mol. The first-order valence-corrected chi connectivity index (χ1v) is 24.8. The number of sulfonamides is 1. The number of fused-ring (bicyclic) bond motifs is 3. The molecule has 1 aromatic heterocycles. The summed E-state index contributed by atoms with van der Waals surface area (Å²) in [6.07, 6.45) is 6.09. The van der Waals surface area contributed by atoms with E-state index < -0.39 is 55.7 Å². The maximum absolute atomic E-state index is 15.2. The number of pyridine rings is 1. The van der Waals surface area contributed by atoms with Crippen LogP contribution in [0.15, 0.2) is 54.6 Å². The number of hydrogen-bond donors (Lipinski definition) is 1. The second-order valence-corrected chi connectivity index (χ2v) is 22.8. The molecule has 3 heterocycles. The van der Waals surface area contributed by atoms with Crippen LogP contribution in [0.25, 0.3) is 22.0 Å². The first-order chi connectivity index (χ1) is 31.1. The minimum absolute atomic E-state index is 0.0144. The zero-order valence-corrected chi connectivity index (χ0v) is 40.9. The quantitative estimate of drug-likeness (QED) is 0.136. The minimum Gasteiger partial charge on any atom is -0.497 e. The molecule has 2 aliphatic heterocycles. The summed E-state index contributed by atoms with van der Waals surface area (Å²) in [5.74, 6) is -1.25. The normalized spacial score (nSPS) is 27.2. The van der Waals surface area contributed by atoms with Gasteiger partial charge in [0.15, 0.2) is 11.5 Å². The third-order valence-corrected chi connectivity index (χ3v) is 15.9. The molecule has 14 nitrogen and oxygen atoms in total. The smallest absolute Gasteiger partial charge is 0.307 e. The Morgan fingerprint density at radius 3 is 2.30 bits per heavy atom. The lowest BCUT2D eigenvalue weighted by Gasteiger charge is -2.32. The molecule has 15 heteroatoms. The molecule has 0 unspecified atom stereocenters. The van der Waals surface area contributed by atoms with Crippen molar-refractivity contribution in [3.05, 3.63) is 54.6 Å². The largest absolute Gasteiger partial charge is 0.497 e. The van der Waals surface area contributed by atoms with E-state index in [1.807, 2.05) is 69.3 Å². The molecule has 0 radical (unpaired) electrons. The maximum atomic E-state index is 15.2. The SMILES string of the molecule is COc1ccc2c(O[C@@H]3C[C@H]4C(=O)C[C@]5(C(=O)NS(=O)(=O)C6(C)CC6)C[C@H]5/C=C\CC[C@@H](C)C[C@@H](C)[C@H](CC(=O)OC(C)(C)C)C(=O)N4C3)nc(-c3ccc(OC(C)C)cc3)c(OC)c2c1. The van der Waals surface area contributed by atoms with Gasteiger partial charge in [-0.1, -0.05) is 26.0 Å². The fraction of sp³-hybridized carbons (Fsp3) is 0.588. The zero-order valence-electron chi connectivity index (χ0n) is 40.1. The Morgan fingerprint density at radius 1 is 0.970 bits per heavy atom. The number of esters is 1. The number of nitrogens with zero attached hydrogens (tertiary/aromatic N) is 2. The van der Waals surface area contributed by atoms with E-state index in [0.29, 0.717) is 65.8 Å². The molecule has 1 N–H and O–H groups in total. The van der Waals surface area contributed by atoms with Crippen molar-refractivity contribution in [2.24, 2.45) is 29.1 Å². The highest BCUT2D eigenvalue weighted by atomic mass is 32.2. The first-order valence-electron chi connectivity index (χ1n) is 23.3. The van der Waals surface area contributed by atoms with Crippen molar-refractivity contribution in [2.75, 3.05) is 20.8 Å². The summed E-state index contributed by atoms with van der Waals surface area (Å²) in [7, 11) is -0.852. The molecule has 7 rings (SSSR count). The number of Topliss-reactive ketones (excluding diaryl/α,β-unsaturated/α-hetero) is 1. The van der Waals surface area contributed by atoms with Gasteiger partial charge < -0.3 is 28.6 Å². The fourth-order valence-electron chi connectivity index (χ4n) is 9.63. The Hall–Kier alpha value is -5.18. The number of methoxy groups -OCH3 is 2. The van der Waals surface area contributed by atoms with Crippen LogP contribution in [0.1, 0.15) is 113 Å². The second kappa shape index (κ2) is 18.8. The molecule has 2 aliphatic carbocycles. The minimum atomic E-state index is -4.00. The highest BCUT2D eigenvalue weighted by Gasteiger charge is 2.63. The highest BCUT2D eigenvalue weighted by Crippen LogP contribution is 2.58. The van der Waals surface area contributed by atoms with Gasteiger partial charge in [0.25, 0.3) is 0 Å². The van der Waals surface area contributed by atoms with Crippen molar-refractivity contribution in [3.63, 3.8) is 0 Å². The highest BCUT2D eigenvalue weighted by molar-refractivity contribution is 7.91. The Kier molecular flexibility index (Phi) is 13.9. The molecule has 4 aliphatic rings. The van der Waals surface area contributed by atoms with Gasteiger partial charge in [0.2, 0.25) is 27.7 Å². The number of aromatic nitrogens is 1. The van der Waals surface area contributed by atoms with Gasteiger partial charge in [-0.3, -0.25) is 23.9 Å². The first kappa shape index (κ1) is 48.7. The lowest BCUT2D eigenvalue weighted by Crippen LogP contribution is -2.48. The summed E-state index contributed by atoms with van der Waals surface area (Å²) in [4.78, 5) is 64.5. The number of rotatable bonds is 12. The van der Waals surface area contributed by atoms with Crippen molar-refractivity contribution in [3.8, 4) is 34.4 Å². The summed E-state index contributed by atoms with van der Waals surface area (Å²) in [5, 5.41) is 1.27. The van der Waals surface area contributed by atoms with Crippen LogP contribution in [-0.4, -0.2) is 91.2 Å². The Labute approximate surface area is 389 Å². The Balaban J connectivity index is 1.28. The van der Waals surface area contributed by atoms with Gasteiger partial charge in [-0.05, 0) is 140 Å². The van der Waals surface area contributed by atoms with E-state index in [1.165, 1.54) is 4.90 Å². The summed E-state index contributed by atoms with van der Waals surface area (Å²) in [6, 6.07) is 11.9. The number of ketones is 1. The van der Waals surface area contributed by atoms with Crippen LogP contribution in [-0.2, 0) is 33.9 Å². The maximum Gasteiger partial charge on any atom is 0.307 e. The van der Waals surface area contributed by atoms with Crippen LogP contribution in [0, 0.1) is 29.1 Å². The third-order valence-electron chi connectivity index (χ3n) is 13.7. The van der Waals surface area contributed by atoms with Crippen LogP contribution in [0.2, 0.25) is 0 Å². The van der Waals surface area contributed by atoms with Gasteiger partial charge in [0.05, 0.1) is 55.4 Å². The summed E-state index contributed by atoms with van der Waals surface area (Å²) < 4.78 is 58.3. The molecule has 66 heavy (non-hydrogen) atoms. The summed E-state index contributed by atoms with van der Waals surface area (Å²) >= 11 is 0. The number of ether oxygens (including phenoxy) is 5. The number of hydrogen-bond acceptors (Lipinski definition) is 12. The lowest BCUT2D eigenvalue weighted by molar-refractivity contribution is -0.160. The fourth-order valence-corrected chi connectivity index (χ4v) is 11.0. The van der Waals surface area contributed by atoms with Gasteiger partial charge in [0.1, 0.15) is 28.9 Å². The van der Waals surface area contributed by atoms with Gasteiger partial charge in [-0.15, -0.1) is 0 Å². The topological polar surface area (TPSA) is 177 Å². The number of amides is 2. The van der Waals surface area contributed by atoms with Gasteiger partial charge in [0, 0.05) is 29.2 Å². The molecule has 3 fully saturated rings. The Morgan fingerprint density at radius 2 is 1.67 bits per heavy atom. The molecule has 7 atom stereocenters. The molecule has 2 aromatic carbocycles. The molecule has 2 amide bonds. The van der Waals surface area contributed by atoms with E-state index in [9.17, 15) is 22.8 Å². The summed E-state index contributed by atoms with van der Waals surface area (Å²) in [6.45, 7) is 14.9. The second-order valence-electron chi connectivity index (χ2n) is 20.6. The predicted molar refractivity (Wildman–Crippen MR) is 251 cm³/mol. The molecular formula is C51H67N3O11S. The van der Waals surface area contributed by atoms with E-state index >= 15 is 4.79 Å². The van der Waals surface area contributed by atoms with E-state index in [0.717, 1.165) is 12.0 Å². The number of allylic oxidation sites excluding steroid dienone is 2. The van der Waals surface area contributed by atoms with Gasteiger partial charge >= 0.3 is 5.97 Å². The van der Waals surface area contributed by atoms with Gasteiger partial charge in [-0.25, -0.2) is 13.4 Å². The number of carbonyl (C=O) groups is 4. The molecule has 1 saturated heterocycles. The van der Waals surface area contributed by atoms with Crippen molar-refractivity contribution in [1.29, 1.82) is 0 Å². The van der Waals surface area contributed by atoms with Crippen LogP contribution in [0.4, 0.5) is 0 Å². The van der Waals surface area contributed by atoms with E-state index in [4.69, 9.17) is 28.7 Å². The molecule has 0 spiro atoms. The van der Waals surface area contributed by atoms with Crippen molar-refractivity contribution >= 4 is 44.4 Å². The Bertz CT molecular complexity index is 2480. The zero-order chi connectivity index (χ0) is 47.9. The number of nitrogens with one attached hydrogen (secondary N) is 1. The van der Waals surface area contributed by atoms with E-state index in [1.54, 1.807) is 48.0 Å². The van der Waals surface area contributed by atoms with E-state index in [2.05, 4.69) is 11.6 Å². The lowest BCUT2D eigenvalue weighted by atomic mass is 9.82. The van der Waals surface area contributed by atoms with Crippen molar-refractivity contribution in [1.82, 2.24) is 14.6 Å². The van der Waals surface area contributed by atoms with Crippen LogP contribution >= 0.6 is 0 Å². The molecule has 358 valence electrons. The monoisotopic (exact) mass is 929 g/mol. The third kappa shape index (κ3) is 10.5. The molecule has 3 aromatic rings. The van der Waals surface area contributed by atoms with Crippen molar-refractivity contribution in [2.45, 2.75) is 142 Å². The predicted octanol–water partition coefficient (Wildman–Crippen LogP) is 8.38. The van der Waals surface area contributed by atoms with Crippen LogP contribution < -0.4 is 23.7 Å². The standard InChI is InChI=1S/C51H67N3O11S/c1-30(2)63-35-17-15-33(16-18-35)44-45(62-10)40-24-36(61-9)19-20-38(40)46(52-44)64-37-25-41-42(55)28-51(48(58)53-66(59,60)50(8)21-22-50)27-34(51)14-12-11-13-31(3)23-32(4)39(47(57)54(41)29-37)26-43(56)65-49(5,6)7/h12,14-20,24,30-32,34,37,39,41H,11,13,21-23,25-29H2,1-10H3,(H,53,58)/b14-12-/t31-,32-,34-,37-,39+,41+,51-/m1/s1. The molecule has 0 bridgehead atoms. The van der Waals surface area contributed by atoms with Crippen LogP contribution in [0.5, 0.6) is 23.1 Å². The van der Waals surface area contributed by atoms with Crippen LogP contribution in [0.3, 0.4) is 0 Å². The molecule has 2 saturated carbocycles.